The number of hydrogen-bond acceptors (Lipinski definition) is 4. The Kier molecular flexibility index (Phi) is 6.34. The van der Waals surface area contributed by atoms with Gasteiger partial charge in [0.1, 0.15) is 16.8 Å². The van der Waals surface area contributed by atoms with Crippen LogP contribution in [0.2, 0.25) is 10.2 Å². The van der Waals surface area contributed by atoms with Crippen LogP contribution in [0.4, 0.5) is 18.9 Å². The Bertz CT molecular complexity index is 1230. The van der Waals surface area contributed by atoms with Crippen molar-refractivity contribution in [3.05, 3.63) is 75.3 Å². The first-order valence-electron chi connectivity index (χ1n) is 8.57. The second-order valence-electron chi connectivity index (χ2n) is 6.23. The van der Waals surface area contributed by atoms with E-state index in [2.05, 4.69) is 15.4 Å². The number of nitriles is 1. The topological polar surface area (TPSA) is 83.6 Å². The summed E-state index contributed by atoms with van der Waals surface area (Å²) in [6.07, 6.45) is -0.578. The van der Waals surface area contributed by atoms with Gasteiger partial charge in [0, 0.05) is 11.8 Å². The van der Waals surface area contributed by atoms with Gasteiger partial charge in [-0.1, -0.05) is 29.3 Å². The number of pyridine rings is 1. The van der Waals surface area contributed by atoms with E-state index in [9.17, 15) is 23.2 Å². The molecular formula is C20H12Cl2F3N5O. The Morgan fingerprint density at radius 3 is 2.68 bits per heavy atom. The summed E-state index contributed by atoms with van der Waals surface area (Å²) in [5.74, 6) is -0.764. The summed E-state index contributed by atoms with van der Waals surface area (Å²) < 4.78 is 40.1. The molecule has 0 radical (unpaired) electrons. The highest BCUT2D eigenvalue weighted by Gasteiger charge is 2.31. The molecule has 0 atom stereocenters. The fraction of sp³-hybridized carbons (Fsp3) is 0.100. The Balaban J connectivity index is 1.98. The minimum absolute atomic E-state index is 0.0585. The van der Waals surface area contributed by atoms with E-state index in [1.54, 1.807) is 13.0 Å². The summed E-state index contributed by atoms with van der Waals surface area (Å²) in [6, 6.07) is 7.69. The Morgan fingerprint density at radius 1 is 1.29 bits per heavy atom. The number of hydrogen-bond donors (Lipinski definition) is 1. The predicted octanol–water partition coefficient (Wildman–Crippen LogP) is 5.45. The Morgan fingerprint density at radius 2 is 2.03 bits per heavy atom. The molecule has 3 aromatic rings. The van der Waals surface area contributed by atoms with Crippen molar-refractivity contribution in [2.45, 2.75) is 13.1 Å². The smallest absolute Gasteiger partial charge is 0.319 e. The van der Waals surface area contributed by atoms with E-state index in [0.717, 1.165) is 16.8 Å². The number of alkyl halides is 3. The molecule has 0 unspecified atom stereocenters. The third kappa shape index (κ3) is 4.87. The fourth-order valence-corrected chi connectivity index (χ4v) is 3.09. The number of aryl methyl sites for hydroxylation is 1. The monoisotopic (exact) mass is 465 g/mol. The number of aromatic nitrogens is 3. The number of rotatable bonds is 4. The summed E-state index contributed by atoms with van der Waals surface area (Å²) in [7, 11) is 0. The minimum atomic E-state index is -4.53. The lowest BCUT2D eigenvalue weighted by molar-refractivity contribution is -0.137. The van der Waals surface area contributed by atoms with Gasteiger partial charge in [-0.2, -0.15) is 23.5 Å². The maximum atomic E-state index is 13.0. The van der Waals surface area contributed by atoms with Gasteiger partial charge in [0.15, 0.2) is 0 Å². The summed E-state index contributed by atoms with van der Waals surface area (Å²) in [5, 5.41) is 16.2. The molecule has 1 amide bonds. The molecule has 31 heavy (non-hydrogen) atoms. The SMILES string of the molecule is Cc1nn(-c2cccc(C(F)(F)F)c2)c(Cl)c1/C=C(\C#N)C(=O)Nc1cnccc1Cl. The van der Waals surface area contributed by atoms with E-state index >= 15 is 0 Å². The number of halogens is 5. The van der Waals surface area contributed by atoms with Gasteiger partial charge < -0.3 is 5.32 Å². The van der Waals surface area contributed by atoms with Crippen molar-refractivity contribution in [1.82, 2.24) is 14.8 Å². The van der Waals surface area contributed by atoms with Gasteiger partial charge in [-0.3, -0.25) is 9.78 Å². The summed E-state index contributed by atoms with van der Waals surface area (Å²) in [6.45, 7) is 1.55. The molecule has 0 saturated heterocycles. The van der Waals surface area contributed by atoms with E-state index in [4.69, 9.17) is 23.2 Å². The van der Waals surface area contributed by atoms with Crippen molar-refractivity contribution in [2.75, 3.05) is 5.32 Å². The number of benzene rings is 1. The lowest BCUT2D eigenvalue weighted by Gasteiger charge is -2.09. The molecule has 0 saturated carbocycles. The molecule has 0 spiro atoms. The molecule has 6 nitrogen and oxygen atoms in total. The van der Waals surface area contributed by atoms with Crippen LogP contribution in [0.25, 0.3) is 11.8 Å². The number of nitrogens with zero attached hydrogens (tertiary/aromatic N) is 4. The molecule has 11 heteroatoms. The second-order valence-corrected chi connectivity index (χ2v) is 6.99. The zero-order valence-corrected chi connectivity index (χ0v) is 17.2. The van der Waals surface area contributed by atoms with Crippen molar-refractivity contribution in [1.29, 1.82) is 5.26 Å². The van der Waals surface area contributed by atoms with Gasteiger partial charge in [-0.15, -0.1) is 0 Å². The van der Waals surface area contributed by atoms with Gasteiger partial charge in [0.2, 0.25) is 0 Å². The van der Waals surface area contributed by atoms with Gasteiger partial charge >= 0.3 is 6.18 Å². The average molecular weight is 466 g/mol. The number of carbonyl (C=O) groups is 1. The lowest BCUT2D eigenvalue weighted by atomic mass is 10.1. The van der Waals surface area contributed by atoms with Gasteiger partial charge in [0.25, 0.3) is 5.91 Å². The van der Waals surface area contributed by atoms with Gasteiger partial charge in [-0.25, -0.2) is 4.68 Å². The zero-order valence-electron chi connectivity index (χ0n) is 15.7. The van der Waals surface area contributed by atoms with E-state index in [0.29, 0.717) is 5.69 Å². The highest BCUT2D eigenvalue weighted by molar-refractivity contribution is 6.34. The van der Waals surface area contributed by atoms with E-state index in [-0.39, 0.29) is 32.7 Å². The Hall–Kier alpha value is -3.35. The van der Waals surface area contributed by atoms with Crippen LogP contribution in [-0.4, -0.2) is 20.7 Å². The van der Waals surface area contributed by atoms with Crippen molar-refractivity contribution < 1.29 is 18.0 Å². The van der Waals surface area contributed by atoms with Crippen molar-refractivity contribution in [3.8, 4) is 11.8 Å². The maximum absolute atomic E-state index is 13.0. The first kappa shape index (κ1) is 22.3. The standard InChI is InChI=1S/C20H12Cl2F3N5O/c1-11-15(7-12(9-26)19(31)28-17-10-27-6-5-16(17)21)18(22)30(29-11)14-4-2-3-13(8-14)20(23,24)25/h2-8,10H,1H3,(H,28,31)/b12-7+. The van der Waals surface area contributed by atoms with Crippen LogP contribution < -0.4 is 5.32 Å². The average Bonchev–Trinajstić information content (AvgIpc) is 3.01. The lowest BCUT2D eigenvalue weighted by Crippen LogP contribution is -2.14. The molecule has 0 aliphatic rings. The minimum Gasteiger partial charge on any atom is -0.319 e. The normalized spacial score (nSPS) is 11.8. The Labute approximate surface area is 184 Å². The number of amides is 1. The molecule has 0 fully saturated rings. The quantitative estimate of drug-likeness (QED) is 0.410. The molecule has 158 valence electrons. The van der Waals surface area contributed by atoms with Crippen LogP contribution in [0, 0.1) is 18.3 Å². The summed E-state index contributed by atoms with van der Waals surface area (Å²) >= 11 is 12.3. The molecular weight excluding hydrogens is 454 g/mol. The van der Waals surface area contributed by atoms with E-state index < -0.39 is 17.6 Å². The first-order valence-corrected chi connectivity index (χ1v) is 9.33. The number of anilines is 1. The van der Waals surface area contributed by atoms with Gasteiger partial charge in [0.05, 0.1) is 33.9 Å². The maximum Gasteiger partial charge on any atom is 0.416 e. The molecule has 1 aromatic carbocycles. The van der Waals surface area contributed by atoms with Crippen LogP contribution in [-0.2, 0) is 11.0 Å². The number of carbonyl (C=O) groups excluding carboxylic acids is 1. The second kappa shape index (κ2) is 8.79. The van der Waals surface area contributed by atoms with Crippen LogP contribution in [0.15, 0.2) is 48.3 Å². The third-order valence-corrected chi connectivity index (χ3v) is 4.83. The van der Waals surface area contributed by atoms with Crippen LogP contribution in [0.1, 0.15) is 16.8 Å². The molecule has 3 rings (SSSR count). The van der Waals surface area contributed by atoms with Crippen LogP contribution in [0.3, 0.4) is 0 Å². The van der Waals surface area contributed by atoms with E-state index in [1.165, 1.54) is 36.7 Å². The summed E-state index contributed by atoms with van der Waals surface area (Å²) in [4.78, 5) is 16.3. The van der Waals surface area contributed by atoms with Crippen LogP contribution in [0.5, 0.6) is 0 Å². The van der Waals surface area contributed by atoms with Crippen molar-refractivity contribution in [3.63, 3.8) is 0 Å². The predicted molar refractivity (Wildman–Crippen MR) is 110 cm³/mol. The summed E-state index contributed by atoms with van der Waals surface area (Å²) in [5.41, 5.74) is -0.374. The van der Waals surface area contributed by atoms with E-state index in [1.807, 2.05) is 0 Å². The van der Waals surface area contributed by atoms with Crippen molar-refractivity contribution >= 4 is 40.9 Å². The molecule has 0 bridgehead atoms. The highest BCUT2D eigenvalue weighted by Crippen LogP contribution is 2.32. The molecule has 2 heterocycles. The first-order chi connectivity index (χ1) is 14.6. The fourth-order valence-electron chi connectivity index (χ4n) is 2.61. The highest BCUT2D eigenvalue weighted by atomic mass is 35.5. The van der Waals surface area contributed by atoms with Crippen LogP contribution >= 0.6 is 23.2 Å². The molecule has 1 N–H and O–H groups in total. The molecule has 0 aliphatic carbocycles. The molecule has 0 aliphatic heterocycles. The van der Waals surface area contributed by atoms with Crippen molar-refractivity contribution in [2.24, 2.45) is 0 Å². The third-order valence-electron chi connectivity index (χ3n) is 4.14. The van der Waals surface area contributed by atoms with Gasteiger partial charge in [-0.05, 0) is 37.3 Å². The number of nitrogens with one attached hydrogen (secondary N) is 1. The molecule has 2 aromatic heterocycles. The largest absolute Gasteiger partial charge is 0.416 e. The zero-order chi connectivity index (χ0) is 22.8.